The van der Waals surface area contributed by atoms with Crippen LogP contribution in [0.4, 0.5) is 8.78 Å². The van der Waals surface area contributed by atoms with Crippen LogP contribution in [-0.2, 0) is 0 Å². The van der Waals surface area contributed by atoms with Gasteiger partial charge in [0.1, 0.15) is 11.6 Å². The maximum atomic E-state index is 12.7. The highest BCUT2D eigenvalue weighted by Gasteiger charge is 2.01. The van der Waals surface area contributed by atoms with Gasteiger partial charge in [-0.1, -0.05) is 0 Å². The monoisotopic (exact) mass is 195 g/mol. The maximum absolute atomic E-state index is 12.7. The molecule has 2 rings (SSSR count). The van der Waals surface area contributed by atoms with Crippen LogP contribution in [0.1, 0.15) is 0 Å². The Morgan fingerprint density at radius 2 is 1.50 bits per heavy atom. The number of benzene rings is 1. The molecular formula is C10H7F2NO. The summed E-state index contributed by atoms with van der Waals surface area (Å²) in [5, 5.41) is 0. The lowest BCUT2D eigenvalue weighted by atomic mass is 10.3. The number of nitrogens with zero attached hydrogens (tertiary/aromatic N) is 1. The third kappa shape index (κ3) is 1.90. The van der Waals surface area contributed by atoms with Gasteiger partial charge in [0.25, 0.3) is 0 Å². The van der Waals surface area contributed by atoms with E-state index in [1.165, 1.54) is 4.73 Å². The lowest BCUT2D eigenvalue weighted by Crippen LogP contribution is -2.01. The summed E-state index contributed by atoms with van der Waals surface area (Å²) in [5.41, 5.74) is 0. The van der Waals surface area contributed by atoms with Crippen molar-refractivity contribution in [3.8, 4) is 5.75 Å². The van der Waals surface area contributed by atoms with Gasteiger partial charge in [-0.2, -0.15) is 4.73 Å². The lowest BCUT2D eigenvalue weighted by Gasteiger charge is -2.05. The number of rotatable bonds is 2. The first-order chi connectivity index (χ1) is 6.74. The van der Waals surface area contributed by atoms with E-state index in [0.29, 0.717) is 0 Å². The van der Waals surface area contributed by atoms with Crippen molar-refractivity contribution >= 4 is 0 Å². The predicted octanol–water partition coefficient (Wildman–Crippen LogP) is 2.61. The molecule has 0 amide bonds. The quantitative estimate of drug-likeness (QED) is 0.718. The molecule has 0 aliphatic rings. The number of hydrogen-bond donors (Lipinski definition) is 0. The summed E-state index contributed by atoms with van der Waals surface area (Å²) in [6.07, 6.45) is 3.26. The predicted molar refractivity (Wildman–Crippen MR) is 46.8 cm³/mol. The molecule has 1 heterocycles. The molecule has 14 heavy (non-hydrogen) atoms. The summed E-state index contributed by atoms with van der Waals surface area (Å²) in [4.78, 5) is 5.12. The van der Waals surface area contributed by atoms with Crippen LogP contribution >= 0.6 is 0 Å². The first-order valence-electron chi connectivity index (χ1n) is 4.01. The largest absolute Gasteiger partial charge is 0.376 e. The van der Waals surface area contributed by atoms with Crippen molar-refractivity contribution < 1.29 is 13.6 Å². The molecule has 0 unspecified atom stereocenters. The second-order valence-electron chi connectivity index (χ2n) is 2.74. The number of halogens is 2. The van der Waals surface area contributed by atoms with Gasteiger partial charge in [-0.15, -0.1) is 0 Å². The minimum atomic E-state index is -0.660. The van der Waals surface area contributed by atoms with Gasteiger partial charge in [0.05, 0.1) is 0 Å². The Morgan fingerprint density at radius 3 is 2.07 bits per heavy atom. The summed E-state index contributed by atoms with van der Waals surface area (Å²) in [7, 11) is 0. The van der Waals surface area contributed by atoms with Crippen molar-refractivity contribution in [3.05, 3.63) is 54.4 Å². The van der Waals surface area contributed by atoms with E-state index < -0.39 is 11.6 Å². The fourth-order valence-electron chi connectivity index (χ4n) is 1.08. The van der Waals surface area contributed by atoms with Crippen LogP contribution in [0.15, 0.2) is 42.7 Å². The first-order valence-corrected chi connectivity index (χ1v) is 4.01. The molecule has 0 atom stereocenters. The summed E-state index contributed by atoms with van der Waals surface area (Å²) >= 11 is 0. The molecule has 0 N–H and O–H groups in total. The molecular weight excluding hydrogens is 188 g/mol. The third-order valence-electron chi connectivity index (χ3n) is 1.62. The second kappa shape index (κ2) is 3.49. The molecule has 4 heteroatoms. The van der Waals surface area contributed by atoms with E-state index in [0.717, 1.165) is 18.2 Å². The van der Waals surface area contributed by atoms with E-state index in [2.05, 4.69) is 0 Å². The zero-order valence-corrected chi connectivity index (χ0v) is 7.15. The lowest BCUT2D eigenvalue weighted by molar-refractivity contribution is 0.215. The van der Waals surface area contributed by atoms with Crippen LogP contribution in [0.3, 0.4) is 0 Å². The average molecular weight is 195 g/mol. The molecule has 72 valence electrons. The van der Waals surface area contributed by atoms with Crippen molar-refractivity contribution in [2.24, 2.45) is 0 Å². The summed E-state index contributed by atoms with van der Waals surface area (Å²) in [6, 6.07) is 6.51. The highest BCUT2D eigenvalue weighted by molar-refractivity contribution is 5.23. The van der Waals surface area contributed by atoms with E-state index in [1.54, 1.807) is 24.5 Å². The van der Waals surface area contributed by atoms with Gasteiger partial charge in [-0.3, -0.25) is 0 Å². The molecule has 2 aromatic rings. The smallest absolute Gasteiger partial charge is 0.161 e. The minimum Gasteiger partial charge on any atom is -0.376 e. The van der Waals surface area contributed by atoms with Crippen LogP contribution in [0.2, 0.25) is 0 Å². The Bertz CT molecular complexity index is 405. The van der Waals surface area contributed by atoms with Crippen molar-refractivity contribution in [1.82, 2.24) is 4.73 Å². The standard InChI is InChI=1S/C10H7F2NO/c11-8-5-9(12)7-10(6-8)14-13-3-1-2-4-13/h1-7H. The Kier molecular flexibility index (Phi) is 2.18. The Hall–Kier alpha value is -1.84. The van der Waals surface area contributed by atoms with E-state index in [9.17, 15) is 8.78 Å². The average Bonchev–Trinajstić information content (AvgIpc) is 2.54. The number of hydrogen-bond acceptors (Lipinski definition) is 1. The molecule has 0 radical (unpaired) electrons. The van der Waals surface area contributed by atoms with Crippen molar-refractivity contribution in [2.45, 2.75) is 0 Å². The van der Waals surface area contributed by atoms with Crippen LogP contribution in [0.5, 0.6) is 5.75 Å². The highest BCUT2D eigenvalue weighted by Crippen LogP contribution is 2.15. The van der Waals surface area contributed by atoms with Gasteiger partial charge < -0.3 is 4.84 Å². The zero-order valence-electron chi connectivity index (χ0n) is 7.15. The van der Waals surface area contributed by atoms with Crippen LogP contribution in [0.25, 0.3) is 0 Å². The van der Waals surface area contributed by atoms with Gasteiger partial charge in [0.2, 0.25) is 0 Å². The molecule has 2 nitrogen and oxygen atoms in total. The van der Waals surface area contributed by atoms with Crippen molar-refractivity contribution in [1.29, 1.82) is 0 Å². The van der Waals surface area contributed by atoms with Crippen molar-refractivity contribution in [2.75, 3.05) is 0 Å². The maximum Gasteiger partial charge on any atom is 0.161 e. The van der Waals surface area contributed by atoms with E-state index in [-0.39, 0.29) is 5.75 Å². The van der Waals surface area contributed by atoms with E-state index >= 15 is 0 Å². The highest BCUT2D eigenvalue weighted by atomic mass is 19.1. The Morgan fingerprint density at radius 1 is 0.929 bits per heavy atom. The summed E-state index contributed by atoms with van der Waals surface area (Å²) < 4.78 is 26.8. The molecule has 0 fully saturated rings. The second-order valence-corrected chi connectivity index (χ2v) is 2.74. The molecule has 0 saturated carbocycles. The Balaban J connectivity index is 2.25. The Labute approximate surface area is 79.3 Å². The van der Waals surface area contributed by atoms with Crippen LogP contribution in [0, 0.1) is 11.6 Å². The minimum absolute atomic E-state index is 0.124. The fourth-order valence-corrected chi connectivity index (χ4v) is 1.08. The summed E-state index contributed by atoms with van der Waals surface area (Å²) in [5.74, 6) is -1.20. The van der Waals surface area contributed by atoms with Gasteiger partial charge in [0.15, 0.2) is 5.75 Å². The SMILES string of the molecule is Fc1cc(F)cc(On2cccc2)c1. The normalized spacial score (nSPS) is 10.1. The fraction of sp³-hybridized carbons (Fsp3) is 0. The first kappa shape index (κ1) is 8.74. The van der Waals surface area contributed by atoms with Crippen LogP contribution < -0.4 is 4.84 Å². The van der Waals surface area contributed by atoms with Crippen LogP contribution in [-0.4, -0.2) is 4.73 Å². The molecule has 0 saturated heterocycles. The topological polar surface area (TPSA) is 14.2 Å². The van der Waals surface area contributed by atoms with Gasteiger partial charge in [-0.25, -0.2) is 8.78 Å². The van der Waals surface area contributed by atoms with Gasteiger partial charge in [0, 0.05) is 30.6 Å². The number of aromatic nitrogens is 1. The third-order valence-corrected chi connectivity index (χ3v) is 1.62. The summed E-state index contributed by atoms with van der Waals surface area (Å²) in [6.45, 7) is 0. The van der Waals surface area contributed by atoms with Gasteiger partial charge >= 0.3 is 0 Å². The molecule has 0 aliphatic heterocycles. The molecule has 0 bridgehead atoms. The van der Waals surface area contributed by atoms with E-state index in [4.69, 9.17) is 4.84 Å². The molecule has 1 aromatic heterocycles. The van der Waals surface area contributed by atoms with E-state index in [1.807, 2.05) is 0 Å². The molecule has 0 aliphatic carbocycles. The molecule has 1 aromatic carbocycles. The van der Waals surface area contributed by atoms with Gasteiger partial charge in [-0.05, 0) is 12.1 Å². The zero-order chi connectivity index (χ0) is 9.97. The molecule has 0 spiro atoms. The van der Waals surface area contributed by atoms with Crippen molar-refractivity contribution in [3.63, 3.8) is 0 Å².